The summed E-state index contributed by atoms with van der Waals surface area (Å²) in [5.41, 5.74) is 3.33. The first-order valence-corrected chi connectivity index (χ1v) is 9.85. The molecular formula is C23H25N3O3. The highest BCUT2D eigenvalue weighted by Gasteiger charge is 2.22. The standard InChI is InChI=1S/C23H25N3O3/c1-16(29-21-10-4-8-17-9-5-11-24-22(17)21)23(28)25-12-20(27)15-26-13-18-6-2-3-7-19(18)14-26/h2-11,16,20,27H,12-15H2,1H3,(H,25,28)/t16-,20+/m1/s1. The fraction of sp³-hybridized carbons (Fsp3) is 0.304. The SMILES string of the molecule is C[C@@H](Oc1cccc2cccnc12)C(=O)NC[C@H](O)CN1Cc2ccccc2C1. The molecule has 4 rings (SSSR count). The lowest BCUT2D eigenvalue weighted by Crippen LogP contribution is -2.43. The highest BCUT2D eigenvalue weighted by molar-refractivity contribution is 5.85. The van der Waals surface area contributed by atoms with E-state index in [9.17, 15) is 9.90 Å². The molecule has 0 fully saturated rings. The van der Waals surface area contributed by atoms with Crippen molar-refractivity contribution in [2.75, 3.05) is 13.1 Å². The Morgan fingerprint density at radius 3 is 2.62 bits per heavy atom. The third kappa shape index (κ3) is 4.55. The van der Waals surface area contributed by atoms with Gasteiger partial charge in [-0.3, -0.25) is 14.7 Å². The van der Waals surface area contributed by atoms with E-state index in [4.69, 9.17) is 4.74 Å². The van der Waals surface area contributed by atoms with E-state index in [1.807, 2.05) is 36.4 Å². The minimum Gasteiger partial charge on any atom is -0.479 e. The molecule has 0 aliphatic carbocycles. The molecule has 0 radical (unpaired) electrons. The molecule has 1 aromatic heterocycles. The topological polar surface area (TPSA) is 74.7 Å². The number of aliphatic hydroxyl groups excluding tert-OH is 1. The van der Waals surface area contributed by atoms with Crippen molar-refractivity contribution < 1.29 is 14.6 Å². The Morgan fingerprint density at radius 1 is 1.14 bits per heavy atom. The Kier molecular flexibility index (Phi) is 5.74. The van der Waals surface area contributed by atoms with E-state index in [1.165, 1.54) is 11.1 Å². The van der Waals surface area contributed by atoms with Crippen LogP contribution in [-0.2, 0) is 17.9 Å². The lowest BCUT2D eigenvalue weighted by atomic mass is 10.1. The van der Waals surface area contributed by atoms with E-state index in [0.29, 0.717) is 12.3 Å². The maximum atomic E-state index is 12.4. The monoisotopic (exact) mass is 391 g/mol. The van der Waals surface area contributed by atoms with Gasteiger partial charge in [0.05, 0.1) is 6.10 Å². The summed E-state index contributed by atoms with van der Waals surface area (Å²) in [6.45, 7) is 4.05. The average molecular weight is 391 g/mol. The zero-order valence-electron chi connectivity index (χ0n) is 16.4. The van der Waals surface area contributed by atoms with Crippen molar-refractivity contribution >= 4 is 16.8 Å². The zero-order chi connectivity index (χ0) is 20.2. The second-order valence-electron chi connectivity index (χ2n) is 7.43. The van der Waals surface area contributed by atoms with Crippen molar-refractivity contribution in [3.63, 3.8) is 0 Å². The van der Waals surface area contributed by atoms with Gasteiger partial charge in [-0.05, 0) is 30.2 Å². The third-order valence-electron chi connectivity index (χ3n) is 5.16. The number of aromatic nitrogens is 1. The maximum Gasteiger partial charge on any atom is 0.260 e. The van der Waals surface area contributed by atoms with Crippen molar-refractivity contribution in [2.45, 2.75) is 32.2 Å². The number of para-hydroxylation sites is 1. The van der Waals surface area contributed by atoms with Crippen LogP contribution in [0.15, 0.2) is 60.8 Å². The molecule has 29 heavy (non-hydrogen) atoms. The highest BCUT2D eigenvalue weighted by atomic mass is 16.5. The molecule has 3 aromatic rings. The summed E-state index contributed by atoms with van der Waals surface area (Å²) in [5, 5.41) is 14.1. The van der Waals surface area contributed by atoms with Gasteiger partial charge in [0.2, 0.25) is 0 Å². The lowest BCUT2D eigenvalue weighted by molar-refractivity contribution is -0.127. The van der Waals surface area contributed by atoms with Gasteiger partial charge in [0.15, 0.2) is 6.10 Å². The van der Waals surface area contributed by atoms with Crippen molar-refractivity contribution in [1.82, 2.24) is 15.2 Å². The predicted octanol–water partition coefficient (Wildman–Crippen LogP) is 2.50. The molecule has 0 saturated heterocycles. The van der Waals surface area contributed by atoms with Crippen LogP contribution in [0.4, 0.5) is 0 Å². The lowest BCUT2D eigenvalue weighted by Gasteiger charge is -2.21. The number of carbonyl (C=O) groups is 1. The second kappa shape index (κ2) is 8.59. The number of fused-ring (bicyclic) bond motifs is 2. The van der Waals surface area contributed by atoms with Crippen molar-refractivity contribution in [2.24, 2.45) is 0 Å². The Labute approximate surface area is 170 Å². The molecule has 1 aliphatic heterocycles. The fourth-order valence-corrected chi connectivity index (χ4v) is 3.67. The van der Waals surface area contributed by atoms with Crippen molar-refractivity contribution in [3.8, 4) is 5.75 Å². The number of carbonyl (C=O) groups excluding carboxylic acids is 1. The van der Waals surface area contributed by atoms with Gasteiger partial charge in [-0.25, -0.2) is 0 Å². The molecule has 0 spiro atoms. The predicted molar refractivity (Wildman–Crippen MR) is 111 cm³/mol. The van der Waals surface area contributed by atoms with E-state index in [-0.39, 0.29) is 12.5 Å². The first-order valence-electron chi connectivity index (χ1n) is 9.85. The van der Waals surface area contributed by atoms with Crippen LogP contribution in [0, 0.1) is 0 Å². The van der Waals surface area contributed by atoms with Gasteiger partial charge in [-0.1, -0.05) is 42.5 Å². The number of amides is 1. The summed E-state index contributed by atoms with van der Waals surface area (Å²) >= 11 is 0. The number of pyridine rings is 1. The average Bonchev–Trinajstić information content (AvgIpc) is 3.14. The van der Waals surface area contributed by atoms with E-state index < -0.39 is 12.2 Å². The van der Waals surface area contributed by atoms with Gasteiger partial charge in [0, 0.05) is 37.8 Å². The number of nitrogens with zero attached hydrogens (tertiary/aromatic N) is 2. The molecule has 6 nitrogen and oxygen atoms in total. The van der Waals surface area contributed by atoms with Crippen LogP contribution in [0.1, 0.15) is 18.1 Å². The van der Waals surface area contributed by atoms with Gasteiger partial charge < -0.3 is 15.2 Å². The van der Waals surface area contributed by atoms with Crippen LogP contribution in [0.2, 0.25) is 0 Å². The Morgan fingerprint density at radius 2 is 1.86 bits per heavy atom. The van der Waals surface area contributed by atoms with E-state index in [1.54, 1.807) is 19.2 Å². The minimum absolute atomic E-state index is 0.188. The van der Waals surface area contributed by atoms with E-state index >= 15 is 0 Å². The Hall–Kier alpha value is -2.96. The molecule has 0 bridgehead atoms. The quantitative estimate of drug-likeness (QED) is 0.647. The molecule has 0 saturated carbocycles. The third-order valence-corrected chi connectivity index (χ3v) is 5.16. The van der Waals surface area contributed by atoms with Gasteiger partial charge in [0.1, 0.15) is 11.3 Å². The second-order valence-corrected chi connectivity index (χ2v) is 7.43. The number of aliphatic hydroxyl groups is 1. The van der Waals surface area contributed by atoms with Crippen LogP contribution in [-0.4, -0.2) is 46.2 Å². The summed E-state index contributed by atoms with van der Waals surface area (Å²) in [6, 6.07) is 17.7. The molecule has 2 atom stereocenters. The van der Waals surface area contributed by atoms with Gasteiger partial charge in [-0.15, -0.1) is 0 Å². The molecule has 6 heteroatoms. The number of hydrogen-bond donors (Lipinski definition) is 2. The molecule has 2 N–H and O–H groups in total. The summed E-state index contributed by atoms with van der Waals surface area (Å²) in [4.78, 5) is 18.9. The first-order chi connectivity index (χ1) is 14.1. The summed E-state index contributed by atoms with van der Waals surface area (Å²) < 4.78 is 5.83. The molecule has 0 unspecified atom stereocenters. The minimum atomic E-state index is -0.689. The number of hydrogen-bond acceptors (Lipinski definition) is 5. The molecule has 2 aromatic carbocycles. The summed E-state index contributed by atoms with van der Waals surface area (Å²) in [6.07, 6.45) is 0.373. The highest BCUT2D eigenvalue weighted by Crippen LogP contribution is 2.24. The van der Waals surface area contributed by atoms with Crippen molar-refractivity contribution in [1.29, 1.82) is 0 Å². The maximum absolute atomic E-state index is 12.4. The van der Waals surface area contributed by atoms with Crippen LogP contribution in [0.25, 0.3) is 10.9 Å². The summed E-state index contributed by atoms with van der Waals surface area (Å²) in [7, 11) is 0. The molecular weight excluding hydrogens is 366 g/mol. The number of nitrogens with one attached hydrogen (secondary N) is 1. The number of rotatable bonds is 7. The smallest absolute Gasteiger partial charge is 0.260 e. The largest absolute Gasteiger partial charge is 0.479 e. The molecule has 1 amide bonds. The first kappa shape index (κ1) is 19.4. The molecule has 1 aliphatic rings. The van der Waals surface area contributed by atoms with Crippen molar-refractivity contribution in [3.05, 3.63) is 71.9 Å². The van der Waals surface area contributed by atoms with Crippen LogP contribution in [0.3, 0.4) is 0 Å². The fourth-order valence-electron chi connectivity index (χ4n) is 3.67. The Bertz CT molecular complexity index is 977. The number of β-amino-alcohol motifs (C(OH)–C–C–N with tert-alkyl or cyclic N) is 1. The van der Waals surface area contributed by atoms with Crippen LogP contribution < -0.4 is 10.1 Å². The van der Waals surface area contributed by atoms with Crippen LogP contribution >= 0.6 is 0 Å². The van der Waals surface area contributed by atoms with E-state index in [2.05, 4.69) is 27.3 Å². The molecule has 2 heterocycles. The van der Waals surface area contributed by atoms with E-state index in [0.717, 1.165) is 24.0 Å². The number of benzene rings is 2. The zero-order valence-corrected chi connectivity index (χ0v) is 16.4. The summed E-state index contributed by atoms with van der Waals surface area (Å²) in [5.74, 6) is 0.308. The van der Waals surface area contributed by atoms with Gasteiger partial charge in [0.25, 0.3) is 5.91 Å². The number of ether oxygens (including phenoxy) is 1. The van der Waals surface area contributed by atoms with Crippen LogP contribution in [0.5, 0.6) is 5.75 Å². The molecule has 150 valence electrons. The Balaban J connectivity index is 1.27. The van der Waals surface area contributed by atoms with Gasteiger partial charge >= 0.3 is 0 Å². The normalized spacial score (nSPS) is 15.7. The van der Waals surface area contributed by atoms with Gasteiger partial charge in [-0.2, -0.15) is 0 Å².